The molecule has 1 unspecified atom stereocenters. The summed E-state index contributed by atoms with van der Waals surface area (Å²) >= 11 is 0. The maximum atomic E-state index is 13.0. The van der Waals surface area contributed by atoms with E-state index in [1.807, 2.05) is 12.1 Å². The molecule has 6 rings (SSSR count). The maximum absolute atomic E-state index is 13.0. The van der Waals surface area contributed by atoms with Crippen LogP contribution in [0, 0.1) is 5.92 Å². The molecule has 1 saturated carbocycles. The van der Waals surface area contributed by atoms with Crippen molar-refractivity contribution in [1.29, 1.82) is 0 Å². The lowest BCUT2D eigenvalue weighted by Crippen LogP contribution is -2.67. The number of methoxy groups -OCH3 is 1. The predicted molar refractivity (Wildman–Crippen MR) is 113 cm³/mol. The van der Waals surface area contributed by atoms with Crippen molar-refractivity contribution in [3.05, 3.63) is 35.1 Å². The summed E-state index contributed by atoms with van der Waals surface area (Å²) in [7, 11) is 1.64. The van der Waals surface area contributed by atoms with Crippen LogP contribution >= 0.6 is 0 Å². The number of nitrogens with zero attached hydrogens (tertiary/aromatic N) is 1. The molecule has 0 radical (unpaired) electrons. The standard InChI is InChI=1S/C24H30N2O5/c1-29-17-7-6-14-12-15-4-2-9-23-19(14)20(17)31-21(23)18(8-10-24(15,23)28)30-22(27)26-11-3-5-16(26)13-25/h6-8,15-16,21,28H,2-5,9-13,25H2,1H3/t15-,16?,21+,23+,24-/m1/s1. The fourth-order valence-corrected chi connectivity index (χ4v) is 7.16. The molecule has 0 aromatic heterocycles. The van der Waals surface area contributed by atoms with E-state index in [0.717, 1.165) is 44.1 Å². The zero-order chi connectivity index (χ0) is 21.4. The van der Waals surface area contributed by atoms with Gasteiger partial charge < -0.3 is 30.0 Å². The molecular weight excluding hydrogens is 396 g/mol. The quantitative estimate of drug-likeness (QED) is 0.772. The van der Waals surface area contributed by atoms with Crippen LogP contribution in [0.4, 0.5) is 4.79 Å². The number of aliphatic hydroxyl groups is 1. The van der Waals surface area contributed by atoms with Crippen molar-refractivity contribution in [3.8, 4) is 11.5 Å². The van der Waals surface area contributed by atoms with Crippen molar-refractivity contribution in [2.45, 2.75) is 68.1 Å². The zero-order valence-electron chi connectivity index (χ0n) is 17.9. The lowest BCUT2D eigenvalue weighted by molar-refractivity contribution is -0.149. The molecule has 3 N–H and O–H groups in total. The molecule has 7 nitrogen and oxygen atoms in total. The highest BCUT2D eigenvalue weighted by molar-refractivity contribution is 5.71. The summed E-state index contributed by atoms with van der Waals surface area (Å²) in [5.41, 5.74) is 6.65. The van der Waals surface area contributed by atoms with E-state index in [2.05, 4.69) is 6.07 Å². The molecule has 5 aliphatic rings. The van der Waals surface area contributed by atoms with Crippen molar-refractivity contribution in [3.63, 3.8) is 0 Å². The Balaban J connectivity index is 1.43. The number of hydrogen-bond donors (Lipinski definition) is 2. The summed E-state index contributed by atoms with van der Waals surface area (Å²) in [6.45, 7) is 1.10. The molecule has 2 bridgehead atoms. The van der Waals surface area contributed by atoms with Gasteiger partial charge in [-0.1, -0.05) is 12.5 Å². The zero-order valence-corrected chi connectivity index (χ0v) is 17.9. The van der Waals surface area contributed by atoms with Crippen LogP contribution in [-0.2, 0) is 16.6 Å². The van der Waals surface area contributed by atoms with Crippen LogP contribution in [0.5, 0.6) is 11.5 Å². The van der Waals surface area contributed by atoms with Crippen molar-refractivity contribution in [2.24, 2.45) is 11.7 Å². The first-order valence-corrected chi connectivity index (χ1v) is 11.5. The van der Waals surface area contributed by atoms with Gasteiger partial charge in [0, 0.05) is 24.7 Å². The maximum Gasteiger partial charge on any atom is 0.415 e. The van der Waals surface area contributed by atoms with Gasteiger partial charge in [0.1, 0.15) is 5.76 Å². The van der Waals surface area contributed by atoms with E-state index in [1.165, 1.54) is 5.56 Å². The summed E-state index contributed by atoms with van der Waals surface area (Å²) in [6.07, 6.45) is 6.98. The highest BCUT2D eigenvalue weighted by atomic mass is 16.6. The van der Waals surface area contributed by atoms with Gasteiger partial charge in [0.05, 0.1) is 18.1 Å². The van der Waals surface area contributed by atoms with E-state index >= 15 is 0 Å². The highest BCUT2D eigenvalue weighted by Crippen LogP contribution is 2.67. The molecule has 1 spiro atoms. The third-order valence-corrected chi connectivity index (χ3v) is 8.56. The van der Waals surface area contributed by atoms with Crippen molar-refractivity contribution >= 4 is 6.09 Å². The Labute approximate surface area is 182 Å². The Hall–Kier alpha value is -2.25. The minimum absolute atomic E-state index is 0.0221. The molecule has 1 aromatic carbocycles. The lowest BCUT2D eigenvalue weighted by Gasteiger charge is -2.59. The number of likely N-dealkylation sites (tertiary alicyclic amines) is 1. The fourth-order valence-electron chi connectivity index (χ4n) is 7.16. The number of ether oxygens (including phenoxy) is 3. The monoisotopic (exact) mass is 426 g/mol. The molecule has 2 aliphatic heterocycles. The molecule has 1 amide bonds. The van der Waals surface area contributed by atoms with Gasteiger partial charge in [0.15, 0.2) is 17.6 Å². The first-order valence-electron chi connectivity index (χ1n) is 11.5. The van der Waals surface area contributed by atoms with E-state index in [0.29, 0.717) is 36.8 Å². The number of rotatable bonds is 3. The molecule has 3 aliphatic carbocycles. The van der Waals surface area contributed by atoms with E-state index in [-0.39, 0.29) is 18.1 Å². The summed E-state index contributed by atoms with van der Waals surface area (Å²) in [5, 5.41) is 12.1. The number of hydrogen-bond acceptors (Lipinski definition) is 6. The van der Waals surface area contributed by atoms with Crippen molar-refractivity contribution < 1.29 is 24.1 Å². The Morgan fingerprint density at radius 3 is 3.03 bits per heavy atom. The molecular formula is C24H30N2O5. The number of carbonyl (C=O) groups is 1. The van der Waals surface area contributed by atoms with E-state index < -0.39 is 17.1 Å². The number of benzene rings is 1. The Bertz CT molecular complexity index is 977. The van der Waals surface area contributed by atoms with Gasteiger partial charge in [0.2, 0.25) is 0 Å². The smallest absolute Gasteiger partial charge is 0.415 e. The largest absolute Gasteiger partial charge is 0.493 e. The summed E-state index contributed by atoms with van der Waals surface area (Å²) in [4.78, 5) is 14.8. The van der Waals surface area contributed by atoms with Crippen LogP contribution in [0.1, 0.15) is 49.7 Å². The van der Waals surface area contributed by atoms with Gasteiger partial charge >= 0.3 is 6.09 Å². The number of amides is 1. The molecule has 2 fully saturated rings. The SMILES string of the molecule is COc1ccc2c3c1O[C@H]1C(OC(=O)N4CCCC4CN)=CC[C@@]4(O)[C@H](CCC[C@]314)C2. The molecule has 5 atom stereocenters. The Kier molecular flexibility index (Phi) is 4.15. The van der Waals surface area contributed by atoms with Crippen LogP contribution in [0.3, 0.4) is 0 Å². The molecule has 1 aromatic rings. The lowest BCUT2D eigenvalue weighted by atomic mass is 9.47. The Morgan fingerprint density at radius 1 is 1.35 bits per heavy atom. The van der Waals surface area contributed by atoms with Crippen LogP contribution in [0.2, 0.25) is 0 Å². The first kappa shape index (κ1) is 19.4. The van der Waals surface area contributed by atoms with Crippen molar-refractivity contribution in [1.82, 2.24) is 4.90 Å². The normalized spacial score (nSPS) is 37.1. The van der Waals surface area contributed by atoms with Gasteiger partial charge in [-0.2, -0.15) is 0 Å². The number of carbonyl (C=O) groups excluding carboxylic acids is 1. The minimum atomic E-state index is -0.899. The van der Waals surface area contributed by atoms with Crippen molar-refractivity contribution in [2.75, 3.05) is 20.2 Å². The topological polar surface area (TPSA) is 94.3 Å². The second-order valence-corrected chi connectivity index (χ2v) is 9.72. The molecule has 166 valence electrons. The average Bonchev–Trinajstić information content (AvgIpc) is 3.37. The third kappa shape index (κ3) is 2.34. The molecule has 31 heavy (non-hydrogen) atoms. The Morgan fingerprint density at radius 2 is 2.23 bits per heavy atom. The van der Waals surface area contributed by atoms with Crippen LogP contribution in [0.25, 0.3) is 0 Å². The van der Waals surface area contributed by atoms with Gasteiger partial charge in [-0.3, -0.25) is 0 Å². The van der Waals surface area contributed by atoms with Gasteiger partial charge in [-0.25, -0.2) is 4.79 Å². The highest BCUT2D eigenvalue weighted by Gasteiger charge is 2.71. The second-order valence-electron chi connectivity index (χ2n) is 9.72. The van der Waals surface area contributed by atoms with Gasteiger partial charge in [0.25, 0.3) is 0 Å². The van der Waals surface area contributed by atoms with E-state index in [1.54, 1.807) is 12.0 Å². The van der Waals surface area contributed by atoms with Crippen LogP contribution < -0.4 is 15.2 Å². The predicted octanol–water partition coefficient (Wildman–Crippen LogP) is 2.63. The van der Waals surface area contributed by atoms with E-state index in [9.17, 15) is 9.90 Å². The number of nitrogens with two attached hydrogens (primary N) is 1. The van der Waals surface area contributed by atoms with Crippen LogP contribution in [-0.4, -0.2) is 54.0 Å². The average molecular weight is 427 g/mol. The summed E-state index contributed by atoms with van der Waals surface area (Å²) in [5.74, 6) is 2.06. The molecule has 2 heterocycles. The minimum Gasteiger partial charge on any atom is -0.493 e. The fraction of sp³-hybridized carbons (Fsp3) is 0.625. The second kappa shape index (κ2) is 6.62. The van der Waals surface area contributed by atoms with Gasteiger partial charge in [-0.05, 0) is 62.1 Å². The van der Waals surface area contributed by atoms with Gasteiger partial charge in [-0.15, -0.1) is 0 Å². The summed E-state index contributed by atoms with van der Waals surface area (Å²) < 4.78 is 18.1. The first-order chi connectivity index (χ1) is 15.0. The molecule has 7 heteroatoms. The van der Waals surface area contributed by atoms with E-state index in [4.69, 9.17) is 19.9 Å². The molecule has 1 saturated heterocycles. The summed E-state index contributed by atoms with van der Waals surface area (Å²) in [6, 6.07) is 4.09. The van der Waals surface area contributed by atoms with Crippen LogP contribution in [0.15, 0.2) is 24.0 Å². The third-order valence-electron chi connectivity index (χ3n) is 8.56.